The number of alkyl carbamates (subject to hydrolysis) is 1. The van der Waals surface area contributed by atoms with Crippen molar-refractivity contribution >= 4 is 45.3 Å². The van der Waals surface area contributed by atoms with Gasteiger partial charge in [0.2, 0.25) is 5.91 Å². The molecule has 2 N–H and O–H groups in total. The van der Waals surface area contributed by atoms with Crippen molar-refractivity contribution in [3.05, 3.63) is 20.8 Å². The first-order chi connectivity index (χ1) is 12.0. The highest BCUT2D eigenvalue weighted by Gasteiger charge is 2.23. The van der Waals surface area contributed by atoms with Crippen molar-refractivity contribution in [2.75, 3.05) is 12.4 Å². The van der Waals surface area contributed by atoms with Crippen molar-refractivity contribution in [3.8, 4) is 0 Å². The van der Waals surface area contributed by atoms with Gasteiger partial charge in [-0.25, -0.2) is 9.78 Å². The van der Waals surface area contributed by atoms with E-state index in [1.807, 2.05) is 0 Å². The van der Waals surface area contributed by atoms with Crippen LogP contribution in [0.1, 0.15) is 30.7 Å². The average molecular weight is 381 g/mol. The van der Waals surface area contributed by atoms with Gasteiger partial charge in [-0.15, -0.1) is 11.3 Å². The van der Waals surface area contributed by atoms with Gasteiger partial charge in [0.15, 0.2) is 5.16 Å². The molecule has 1 atom stereocenters. The highest BCUT2D eigenvalue weighted by molar-refractivity contribution is 7.99. The van der Waals surface area contributed by atoms with Gasteiger partial charge >= 0.3 is 6.09 Å². The zero-order valence-corrected chi connectivity index (χ0v) is 15.6. The quantitative estimate of drug-likeness (QED) is 0.623. The maximum Gasteiger partial charge on any atom is 0.413 e. The van der Waals surface area contributed by atoms with Gasteiger partial charge in [-0.05, 0) is 37.7 Å². The number of aryl methyl sites for hydroxylation is 1. The summed E-state index contributed by atoms with van der Waals surface area (Å²) >= 11 is 2.65. The lowest BCUT2D eigenvalue weighted by Crippen LogP contribution is -2.32. The van der Waals surface area contributed by atoms with E-state index < -0.39 is 12.0 Å². The number of nitrogens with one attached hydrogen (secondary N) is 2. The Labute approximate surface area is 152 Å². The number of hydrogen-bond donors (Lipinski definition) is 2. The zero-order chi connectivity index (χ0) is 18.0. The fourth-order valence-corrected chi connectivity index (χ4v) is 4.95. The molecule has 9 heteroatoms. The molecule has 0 saturated heterocycles. The summed E-state index contributed by atoms with van der Waals surface area (Å²) in [5.41, 5.74) is 0.966. The third-order valence-corrected chi connectivity index (χ3v) is 6.02. The topological polar surface area (TPSA) is 101 Å². The van der Waals surface area contributed by atoms with E-state index in [1.54, 1.807) is 18.3 Å². The molecule has 134 valence electrons. The molecule has 1 aliphatic rings. The minimum Gasteiger partial charge on any atom is -0.450 e. The number of aromatic nitrogens is 2. The predicted molar refractivity (Wildman–Crippen MR) is 97.3 cm³/mol. The Morgan fingerprint density at radius 3 is 3.04 bits per heavy atom. The molecule has 0 unspecified atom stereocenters. The first-order valence-electron chi connectivity index (χ1n) is 8.12. The lowest BCUT2D eigenvalue weighted by atomic mass is 9.89. The molecule has 0 aliphatic heterocycles. The van der Waals surface area contributed by atoms with E-state index in [-0.39, 0.29) is 17.9 Å². The Morgan fingerprint density at radius 2 is 2.28 bits per heavy atom. The van der Waals surface area contributed by atoms with Gasteiger partial charge in [-0.3, -0.25) is 14.9 Å². The number of ether oxygens (including phenoxy) is 1. The minimum absolute atomic E-state index is 0.0324. The van der Waals surface area contributed by atoms with Gasteiger partial charge in [0.25, 0.3) is 5.56 Å². The van der Waals surface area contributed by atoms with Gasteiger partial charge in [0.1, 0.15) is 4.83 Å². The van der Waals surface area contributed by atoms with E-state index in [0.717, 1.165) is 41.4 Å². The lowest BCUT2D eigenvalue weighted by molar-refractivity contribution is -0.117. The number of fused-ring (bicyclic) bond motifs is 3. The van der Waals surface area contributed by atoms with Crippen LogP contribution in [0.2, 0.25) is 0 Å². The smallest absolute Gasteiger partial charge is 0.413 e. The molecule has 0 bridgehead atoms. The summed E-state index contributed by atoms with van der Waals surface area (Å²) < 4.78 is 4.64. The number of carbonyl (C=O) groups excluding carboxylic acids is 2. The standard InChI is InChI=1S/C16H19N3O4S2/c1-3-23-16(22)17-11(20)7-24-15-18-13(21)12-9-5-4-8(2)6-10(9)25-14(12)19-15/h8H,3-7H2,1-2H3,(H,17,20,22)(H,18,19,21)/t8-/m0/s1. The molecule has 2 aromatic rings. The minimum atomic E-state index is -0.773. The van der Waals surface area contributed by atoms with Crippen LogP contribution < -0.4 is 10.9 Å². The number of aromatic amines is 1. The van der Waals surface area contributed by atoms with Crippen LogP contribution in [0, 0.1) is 5.92 Å². The highest BCUT2D eigenvalue weighted by atomic mass is 32.2. The van der Waals surface area contributed by atoms with Crippen molar-refractivity contribution in [2.45, 2.75) is 38.3 Å². The molecule has 3 rings (SSSR count). The molecule has 1 aliphatic carbocycles. The van der Waals surface area contributed by atoms with Gasteiger partial charge < -0.3 is 9.72 Å². The fraction of sp³-hybridized carbons (Fsp3) is 0.500. The fourth-order valence-electron chi connectivity index (χ4n) is 2.85. The number of carbonyl (C=O) groups is 2. The number of nitrogens with zero attached hydrogens (tertiary/aromatic N) is 1. The normalized spacial score (nSPS) is 16.5. The highest BCUT2D eigenvalue weighted by Crippen LogP contribution is 2.36. The molecule has 25 heavy (non-hydrogen) atoms. The number of hydrogen-bond acceptors (Lipinski definition) is 7. The summed E-state index contributed by atoms with van der Waals surface area (Å²) in [7, 11) is 0. The van der Waals surface area contributed by atoms with Crippen LogP contribution in [0.5, 0.6) is 0 Å². The third-order valence-electron chi connectivity index (χ3n) is 4.00. The molecule has 2 amide bonds. The average Bonchev–Trinajstić information content (AvgIpc) is 2.90. The Hall–Kier alpha value is -1.87. The van der Waals surface area contributed by atoms with Crippen molar-refractivity contribution in [2.24, 2.45) is 5.92 Å². The summed E-state index contributed by atoms with van der Waals surface area (Å²) in [4.78, 5) is 44.5. The SMILES string of the molecule is CCOC(=O)NC(=O)CSc1nc2sc3c(c2c(=O)[nH]1)CC[C@H](C)C3. The number of rotatable bonds is 4. The summed E-state index contributed by atoms with van der Waals surface area (Å²) in [6.45, 7) is 4.07. The van der Waals surface area contributed by atoms with Crippen molar-refractivity contribution in [1.29, 1.82) is 0 Å². The van der Waals surface area contributed by atoms with Gasteiger partial charge in [-0.2, -0.15) is 0 Å². The summed E-state index contributed by atoms with van der Waals surface area (Å²) in [6.07, 6.45) is 2.21. The Balaban J connectivity index is 1.74. The second-order valence-electron chi connectivity index (χ2n) is 5.96. The van der Waals surface area contributed by atoms with E-state index in [2.05, 4.69) is 26.9 Å². The molecule has 2 heterocycles. The van der Waals surface area contributed by atoms with Crippen LogP contribution in [-0.4, -0.2) is 34.3 Å². The van der Waals surface area contributed by atoms with Crippen molar-refractivity contribution in [3.63, 3.8) is 0 Å². The van der Waals surface area contributed by atoms with Crippen LogP contribution in [0.4, 0.5) is 4.79 Å². The van der Waals surface area contributed by atoms with E-state index in [0.29, 0.717) is 16.5 Å². The predicted octanol–water partition coefficient (Wildman–Crippen LogP) is 2.47. The molecule has 0 saturated carbocycles. The lowest BCUT2D eigenvalue weighted by Gasteiger charge is -2.17. The molecule has 7 nitrogen and oxygen atoms in total. The molecular formula is C16H19N3O4S2. The van der Waals surface area contributed by atoms with E-state index in [1.165, 1.54) is 4.88 Å². The van der Waals surface area contributed by atoms with Gasteiger partial charge in [0, 0.05) is 4.88 Å². The van der Waals surface area contributed by atoms with Gasteiger partial charge in [-0.1, -0.05) is 18.7 Å². The monoisotopic (exact) mass is 381 g/mol. The Morgan fingerprint density at radius 1 is 1.48 bits per heavy atom. The van der Waals surface area contributed by atoms with E-state index in [4.69, 9.17) is 0 Å². The van der Waals surface area contributed by atoms with Crippen LogP contribution in [-0.2, 0) is 22.4 Å². The van der Waals surface area contributed by atoms with Crippen LogP contribution in [0.25, 0.3) is 10.2 Å². The van der Waals surface area contributed by atoms with E-state index in [9.17, 15) is 14.4 Å². The number of amides is 2. The first kappa shape index (κ1) is 17.9. The summed E-state index contributed by atoms with van der Waals surface area (Å²) in [5.74, 6) is 0.0978. The number of H-pyrrole nitrogens is 1. The molecule has 0 aromatic carbocycles. The number of thiophene rings is 1. The summed E-state index contributed by atoms with van der Waals surface area (Å²) in [5, 5.41) is 3.17. The molecule has 2 aromatic heterocycles. The zero-order valence-electron chi connectivity index (χ0n) is 14.0. The van der Waals surface area contributed by atoms with Crippen LogP contribution in [0.3, 0.4) is 0 Å². The van der Waals surface area contributed by atoms with Crippen LogP contribution >= 0.6 is 23.1 Å². The Kier molecular flexibility index (Phi) is 5.43. The van der Waals surface area contributed by atoms with Crippen LogP contribution in [0.15, 0.2) is 9.95 Å². The van der Waals surface area contributed by atoms with E-state index >= 15 is 0 Å². The third kappa shape index (κ3) is 4.04. The molecular weight excluding hydrogens is 362 g/mol. The molecule has 0 spiro atoms. The van der Waals surface area contributed by atoms with Gasteiger partial charge in [0.05, 0.1) is 17.7 Å². The largest absolute Gasteiger partial charge is 0.450 e. The molecule has 0 fully saturated rings. The second kappa shape index (κ2) is 7.57. The second-order valence-corrected chi connectivity index (χ2v) is 8.01. The Bertz CT molecular complexity index is 874. The van der Waals surface area contributed by atoms with Crippen molar-refractivity contribution in [1.82, 2.24) is 15.3 Å². The number of thioether (sulfide) groups is 1. The molecule has 0 radical (unpaired) electrons. The first-order valence-corrected chi connectivity index (χ1v) is 9.92. The van der Waals surface area contributed by atoms with Crippen molar-refractivity contribution < 1.29 is 14.3 Å². The maximum absolute atomic E-state index is 12.4. The maximum atomic E-state index is 12.4. The summed E-state index contributed by atoms with van der Waals surface area (Å²) in [6, 6.07) is 0. The number of imide groups is 1.